The molecule has 2 aliphatic rings. The maximum absolute atomic E-state index is 13.0. The van der Waals surface area contributed by atoms with E-state index in [4.69, 9.17) is 9.72 Å². The van der Waals surface area contributed by atoms with Crippen LogP contribution in [0.2, 0.25) is 0 Å². The van der Waals surface area contributed by atoms with Crippen LogP contribution < -0.4 is 9.64 Å². The highest BCUT2D eigenvalue weighted by molar-refractivity contribution is 7.22. The summed E-state index contributed by atoms with van der Waals surface area (Å²) in [6.07, 6.45) is 2.03. The Labute approximate surface area is 164 Å². The fraction of sp³-hybridized carbons (Fsp3) is 0.600. The lowest BCUT2D eigenvalue weighted by Crippen LogP contribution is -2.51. The van der Waals surface area contributed by atoms with Gasteiger partial charge in [0.1, 0.15) is 5.75 Å². The molecule has 3 heterocycles. The molecule has 4 rings (SSSR count). The number of piperazine rings is 1. The topological polar surface area (TPSA) is 48.9 Å². The fourth-order valence-corrected chi connectivity index (χ4v) is 4.95. The molecule has 2 aromatic rings. The average molecular weight is 389 g/mol. The van der Waals surface area contributed by atoms with Gasteiger partial charge in [0.05, 0.1) is 22.7 Å². The van der Waals surface area contributed by atoms with Crippen molar-refractivity contribution in [3.63, 3.8) is 0 Å². The summed E-state index contributed by atoms with van der Waals surface area (Å²) < 4.78 is 6.75. The van der Waals surface area contributed by atoms with Crippen molar-refractivity contribution >= 4 is 32.6 Å². The van der Waals surface area contributed by atoms with E-state index in [0.717, 1.165) is 73.2 Å². The van der Waals surface area contributed by atoms with Gasteiger partial charge in [0.25, 0.3) is 0 Å². The Morgan fingerprint density at radius 1 is 1.26 bits per heavy atom. The molecule has 2 aliphatic heterocycles. The van der Waals surface area contributed by atoms with E-state index in [9.17, 15) is 4.79 Å². The number of benzene rings is 1. The number of aromatic nitrogens is 1. The van der Waals surface area contributed by atoms with E-state index in [0.29, 0.717) is 12.5 Å². The lowest BCUT2D eigenvalue weighted by molar-refractivity contribution is -0.137. The minimum Gasteiger partial charge on any atom is -0.494 e. The van der Waals surface area contributed by atoms with Gasteiger partial charge in [-0.1, -0.05) is 11.3 Å². The van der Waals surface area contributed by atoms with Crippen molar-refractivity contribution in [3.8, 4) is 5.75 Å². The molecule has 0 spiro atoms. The zero-order chi connectivity index (χ0) is 18.8. The second-order valence-electron chi connectivity index (χ2n) is 7.47. The summed E-state index contributed by atoms with van der Waals surface area (Å²) in [6, 6.07) is 6.07. The number of anilines is 1. The SMILES string of the molecule is CCOc1ccc2nc(N3CCCC(C(=O)N4CCN(C)CC4)C3)sc2c1. The minimum absolute atomic E-state index is 0.0909. The number of thiazole rings is 1. The van der Waals surface area contributed by atoms with Crippen molar-refractivity contribution < 1.29 is 9.53 Å². The summed E-state index contributed by atoms with van der Waals surface area (Å²) in [7, 11) is 2.12. The quantitative estimate of drug-likeness (QED) is 0.806. The van der Waals surface area contributed by atoms with Gasteiger partial charge in [-0.2, -0.15) is 0 Å². The molecule has 0 bridgehead atoms. The number of likely N-dealkylation sites (N-methyl/N-ethyl adjacent to an activating group) is 1. The highest BCUT2D eigenvalue weighted by atomic mass is 32.1. The Morgan fingerprint density at radius 2 is 2.07 bits per heavy atom. The third-order valence-corrected chi connectivity index (χ3v) is 6.59. The van der Waals surface area contributed by atoms with Crippen LogP contribution in [0.15, 0.2) is 18.2 Å². The second kappa shape index (κ2) is 8.02. The number of amides is 1. The molecule has 2 saturated heterocycles. The molecule has 1 aromatic carbocycles. The number of carbonyl (C=O) groups excluding carboxylic acids is 1. The van der Waals surface area contributed by atoms with Gasteiger partial charge in [-0.3, -0.25) is 4.79 Å². The lowest BCUT2D eigenvalue weighted by atomic mass is 9.96. The van der Waals surface area contributed by atoms with E-state index in [2.05, 4.69) is 27.8 Å². The van der Waals surface area contributed by atoms with Gasteiger partial charge in [0, 0.05) is 39.3 Å². The monoisotopic (exact) mass is 388 g/mol. The predicted octanol–water partition coefficient (Wildman–Crippen LogP) is 2.69. The Balaban J connectivity index is 1.46. The first-order valence-corrected chi connectivity index (χ1v) is 10.7. The molecule has 7 heteroatoms. The molecule has 146 valence electrons. The van der Waals surface area contributed by atoms with Crippen LogP contribution in [0.5, 0.6) is 5.75 Å². The van der Waals surface area contributed by atoms with Crippen molar-refractivity contribution in [2.24, 2.45) is 5.92 Å². The summed E-state index contributed by atoms with van der Waals surface area (Å²) in [5.41, 5.74) is 1.01. The van der Waals surface area contributed by atoms with Gasteiger partial charge in [0.2, 0.25) is 5.91 Å². The molecule has 1 unspecified atom stereocenters. The molecule has 0 aliphatic carbocycles. The van der Waals surface area contributed by atoms with E-state index in [1.165, 1.54) is 0 Å². The lowest BCUT2D eigenvalue weighted by Gasteiger charge is -2.38. The molecule has 1 aromatic heterocycles. The van der Waals surface area contributed by atoms with Crippen molar-refractivity contribution in [1.82, 2.24) is 14.8 Å². The number of ether oxygens (including phenoxy) is 1. The second-order valence-corrected chi connectivity index (χ2v) is 8.48. The summed E-state index contributed by atoms with van der Waals surface area (Å²) in [5.74, 6) is 1.31. The molecule has 27 heavy (non-hydrogen) atoms. The van der Waals surface area contributed by atoms with E-state index in [-0.39, 0.29) is 5.92 Å². The summed E-state index contributed by atoms with van der Waals surface area (Å²) in [4.78, 5) is 24.4. The summed E-state index contributed by atoms with van der Waals surface area (Å²) in [5, 5.41) is 1.02. The molecule has 2 fully saturated rings. The number of carbonyl (C=O) groups is 1. The third-order valence-electron chi connectivity index (χ3n) is 5.52. The standard InChI is InChI=1S/C20H28N4O2S/c1-3-26-16-6-7-17-18(13-16)27-20(21-17)24-8-4-5-15(14-24)19(25)23-11-9-22(2)10-12-23/h6-7,13,15H,3-5,8-12,14H2,1-2H3. The number of fused-ring (bicyclic) bond motifs is 1. The normalized spacial score (nSPS) is 21.6. The molecule has 0 N–H and O–H groups in total. The minimum atomic E-state index is 0.0909. The molecule has 1 amide bonds. The van der Waals surface area contributed by atoms with Gasteiger partial charge in [0.15, 0.2) is 5.13 Å². The van der Waals surface area contributed by atoms with E-state index in [1.54, 1.807) is 11.3 Å². The van der Waals surface area contributed by atoms with E-state index >= 15 is 0 Å². The van der Waals surface area contributed by atoms with Gasteiger partial charge in [-0.15, -0.1) is 0 Å². The number of nitrogens with zero attached hydrogens (tertiary/aromatic N) is 4. The van der Waals surface area contributed by atoms with E-state index < -0.39 is 0 Å². The summed E-state index contributed by atoms with van der Waals surface area (Å²) >= 11 is 1.70. The van der Waals surface area contributed by atoms with Crippen LogP contribution in [-0.4, -0.2) is 73.6 Å². The maximum atomic E-state index is 13.0. The van der Waals surface area contributed by atoms with Gasteiger partial charge in [-0.25, -0.2) is 4.98 Å². The molecular weight excluding hydrogens is 360 g/mol. The van der Waals surface area contributed by atoms with E-state index in [1.807, 2.05) is 19.1 Å². The molecule has 6 nitrogen and oxygen atoms in total. The van der Waals surface area contributed by atoms with Crippen LogP contribution in [0.3, 0.4) is 0 Å². The first-order valence-electron chi connectivity index (χ1n) is 9.89. The molecule has 1 atom stereocenters. The third kappa shape index (κ3) is 4.04. The highest BCUT2D eigenvalue weighted by Crippen LogP contribution is 2.34. The summed E-state index contributed by atoms with van der Waals surface area (Å²) in [6.45, 7) is 8.08. The molecule has 0 radical (unpaired) electrons. The number of piperidine rings is 1. The Bertz CT molecular complexity index is 800. The van der Waals surface area contributed by atoms with Crippen LogP contribution in [-0.2, 0) is 4.79 Å². The first-order chi connectivity index (χ1) is 13.1. The van der Waals surface area contributed by atoms with Crippen molar-refractivity contribution in [1.29, 1.82) is 0 Å². The van der Waals surface area contributed by atoms with Crippen LogP contribution in [0.4, 0.5) is 5.13 Å². The largest absolute Gasteiger partial charge is 0.494 e. The van der Waals surface area contributed by atoms with Gasteiger partial charge >= 0.3 is 0 Å². The first kappa shape index (κ1) is 18.5. The van der Waals surface area contributed by atoms with Crippen molar-refractivity contribution in [2.75, 3.05) is 57.8 Å². The van der Waals surface area contributed by atoms with Crippen LogP contribution in [0.1, 0.15) is 19.8 Å². The van der Waals surface area contributed by atoms with Crippen molar-refractivity contribution in [2.45, 2.75) is 19.8 Å². The zero-order valence-electron chi connectivity index (χ0n) is 16.2. The fourth-order valence-electron chi connectivity index (χ4n) is 3.92. The van der Waals surface area contributed by atoms with Crippen molar-refractivity contribution in [3.05, 3.63) is 18.2 Å². The molecular formula is C20H28N4O2S. The Morgan fingerprint density at radius 3 is 2.85 bits per heavy atom. The van der Waals surface area contributed by atoms with Crippen LogP contribution in [0.25, 0.3) is 10.2 Å². The maximum Gasteiger partial charge on any atom is 0.227 e. The van der Waals surface area contributed by atoms with Gasteiger partial charge < -0.3 is 19.4 Å². The smallest absolute Gasteiger partial charge is 0.227 e. The Hall–Kier alpha value is -1.86. The average Bonchev–Trinajstić information content (AvgIpc) is 3.12. The number of rotatable bonds is 4. The van der Waals surface area contributed by atoms with Crippen LogP contribution >= 0.6 is 11.3 Å². The Kier molecular flexibility index (Phi) is 5.50. The van der Waals surface area contributed by atoms with Crippen LogP contribution in [0, 0.1) is 5.92 Å². The number of hydrogen-bond acceptors (Lipinski definition) is 6. The highest BCUT2D eigenvalue weighted by Gasteiger charge is 2.31. The van der Waals surface area contributed by atoms with Gasteiger partial charge in [-0.05, 0) is 45.0 Å². The predicted molar refractivity (Wildman–Crippen MR) is 110 cm³/mol. The zero-order valence-corrected chi connectivity index (χ0v) is 17.0. The number of hydrogen-bond donors (Lipinski definition) is 0. The molecule has 0 saturated carbocycles.